The first-order valence-corrected chi connectivity index (χ1v) is 6.43. The van der Waals surface area contributed by atoms with Gasteiger partial charge in [-0.3, -0.25) is 14.3 Å². The maximum Gasteiger partial charge on any atom is 0.271 e. The van der Waals surface area contributed by atoms with Gasteiger partial charge in [-0.2, -0.15) is 5.10 Å². The Morgan fingerprint density at radius 2 is 1.95 bits per heavy atom. The molecule has 0 spiro atoms. The number of aromatic nitrogens is 2. The van der Waals surface area contributed by atoms with Crippen molar-refractivity contribution < 1.29 is 9.59 Å². The largest absolute Gasteiger partial charge is 0.396 e. The minimum atomic E-state index is -0.727. The van der Waals surface area contributed by atoms with E-state index < -0.39 is 5.91 Å². The maximum absolute atomic E-state index is 11.8. The topological polar surface area (TPSA) is 116 Å². The highest BCUT2D eigenvalue weighted by molar-refractivity contribution is 9.10. The van der Waals surface area contributed by atoms with E-state index in [0.717, 1.165) is 4.47 Å². The van der Waals surface area contributed by atoms with Gasteiger partial charge in [-0.1, -0.05) is 15.9 Å². The number of anilines is 2. The third kappa shape index (κ3) is 3.35. The predicted molar refractivity (Wildman–Crippen MR) is 77.9 cm³/mol. The van der Waals surface area contributed by atoms with Crippen molar-refractivity contribution in [2.24, 2.45) is 5.73 Å². The molecule has 2 rings (SSSR count). The van der Waals surface area contributed by atoms with Gasteiger partial charge >= 0.3 is 0 Å². The van der Waals surface area contributed by atoms with Crippen LogP contribution >= 0.6 is 15.9 Å². The van der Waals surface area contributed by atoms with E-state index in [9.17, 15) is 9.59 Å². The third-order valence-electron chi connectivity index (χ3n) is 2.46. The smallest absolute Gasteiger partial charge is 0.271 e. The van der Waals surface area contributed by atoms with Crippen LogP contribution in [0.5, 0.6) is 0 Å². The van der Waals surface area contributed by atoms with Crippen LogP contribution in [0.4, 0.5) is 11.4 Å². The van der Waals surface area contributed by atoms with E-state index in [4.69, 9.17) is 11.5 Å². The van der Waals surface area contributed by atoms with Crippen LogP contribution in [0.15, 0.2) is 34.9 Å². The molecule has 0 saturated carbocycles. The van der Waals surface area contributed by atoms with Gasteiger partial charge in [0.05, 0.1) is 5.69 Å². The quantitative estimate of drug-likeness (QED) is 0.770. The minimum absolute atomic E-state index is 0.0403. The van der Waals surface area contributed by atoms with E-state index in [1.54, 1.807) is 12.1 Å². The average molecular weight is 338 g/mol. The number of hydrogen-bond donors (Lipinski definition) is 3. The maximum atomic E-state index is 11.8. The van der Waals surface area contributed by atoms with E-state index in [1.165, 1.54) is 10.9 Å². The summed E-state index contributed by atoms with van der Waals surface area (Å²) in [4.78, 5) is 22.8. The zero-order chi connectivity index (χ0) is 14.7. The molecule has 1 aromatic heterocycles. The number of hydrogen-bond acceptors (Lipinski definition) is 4. The predicted octanol–water partition coefficient (Wildman–Crippen LogP) is 0.965. The molecule has 0 bridgehead atoms. The second kappa shape index (κ2) is 5.74. The molecule has 8 heteroatoms. The van der Waals surface area contributed by atoms with Gasteiger partial charge in [0.15, 0.2) is 5.69 Å². The second-order valence-corrected chi connectivity index (χ2v) is 4.97. The number of primary amides is 1. The summed E-state index contributed by atoms with van der Waals surface area (Å²) in [6.45, 7) is -0.0620. The van der Waals surface area contributed by atoms with Gasteiger partial charge in [-0.15, -0.1) is 0 Å². The fraction of sp³-hybridized carbons (Fsp3) is 0.0833. The minimum Gasteiger partial charge on any atom is -0.396 e. The first kappa shape index (κ1) is 14.1. The van der Waals surface area contributed by atoms with Gasteiger partial charge in [0.25, 0.3) is 5.91 Å². The van der Waals surface area contributed by atoms with Gasteiger partial charge in [-0.25, -0.2) is 0 Å². The van der Waals surface area contributed by atoms with Crippen molar-refractivity contribution in [2.45, 2.75) is 6.54 Å². The summed E-state index contributed by atoms with van der Waals surface area (Å²) in [6, 6.07) is 7.14. The first-order valence-electron chi connectivity index (χ1n) is 5.64. The van der Waals surface area contributed by atoms with Gasteiger partial charge in [0.1, 0.15) is 6.54 Å². The Labute approximate surface area is 123 Å². The van der Waals surface area contributed by atoms with E-state index in [-0.39, 0.29) is 23.8 Å². The summed E-state index contributed by atoms with van der Waals surface area (Å²) in [6.07, 6.45) is 1.39. The summed E-state index contributed by atoms with van der Waals surface area (Å²) in [5, 5.41) is 6.55. The number of carbonyl (C=O) groups excluding carboxylic acids is 2. The normalized spacial score (nSPS) is 10.2. The van der Waals surface area contributed by atoms with Gasteiger partial charge in [0, 0.05) is 16.4 Å². The number of amides is 2. The SMILES string of the molecule is NC(=O)c1nn(CC(=O)Nc2ccc(Br)cc2)cc1N. The lowest BCUT2D eigenvalue weighted by Crippen LogP contribution is -2.20. The standard InChI is InChI=1S/C12H12BrN5O2/c13-7-1-3-8(4-2-7)16-10(19)6-18-5-9(14)11(17-18)12(15)20/h1-5H,6,14H2,(H2,15,20)(H,16,19). The molecule has 1 aromatic carbocycles. The summed E-state index contributed by atoms with van der Waals surface area (Å²) in [5.74, 6) is -1.01. The van der Waals surface area contributed by atoms with E-state index in [2.05, 4.69) is 26.3 Å². The lowest BCUT2D eigenvalue weighted by atomic mass is 10.3. The Hall–Kier alpha value is -2.35. The van der Waals surface area contributed by atoms with Crippen LogP contribution in [0, 0.1) is 0 Å². The number of nitrogens with one attached hydrogen (secondary N) is 1. The number of nitrogen functional groups attached to an aromatic ring is 1. The molecule has 0 aliphatic rings. The second-order valence-electron chi connectivity index (χ2n) is 4.05. The number of carbonyl (C=O) groups is 2. The summed E-state index contributed by atoms with van der Waals surface area (Å²) in [5.41, 5.74) is 11.4. The van der Waals surface area contributed by atoms with Crippen molar-refractivity contribution in [3.63, 3.8) is 0 Å². The Morgan fingerprint density at radius 1 is 1.30 bits per heavy atom. The molecule has 2 amide bonds. The van der Waals surface area contributed by atoms with Crippen LogP contribution in [-0.4, -0.2) is 21.6 Å². The van der Waals surface area contributed by atoms with Crippen LogP contribution < -0.4 is 16.8 Å². The van der Waals surface area contributed by atoms with Crippen molar-refractivity contribution in [2.75, 3.05) is 11.1 Å². The highest BCUT2D eigenvalue weighted by Gasteiger charge is 2.13. The van der Waals surface area contributed by atoms with Crippen molar-refractivity contribution in [1.29, 1.82) is 0 Å². The van der Waals surface area contributed by atoms with Crippen molar-refractivity contribution in [3.8, 4) is 0 Å². The monoisotopic (exact) mass is 337 g/mol. The Kier molecular flexibility index (Phi) is 4.04. The van der Waals surface area contributed by atoms with E-state index in [1.807, 2.05) is 12.1 Å². The van der Waals surface area contributed by atoms with Crippen LogP contribution in [0.25, 0.3) is 0 Å². The molecule has 0 atom stereocenters. The molecule has 0 radical (unpaired) electrons. The zero-order valence-corrected chi connectivity index (χ0v) is 11.9. The highest BCUT2D eigenvalue weighted by atomic mass is 79.9. The summed E-state index contributed by atoms with van der Waals surface area (Å²) < 4.78 is 2.19. The number of benzene rings is 1. The lowest BCUT2D eigenvalue weighted by molar-refractivity contribution is -0.116. The van der Waals surface area contributed by atoms with E-state index >= 15 is 0 Å². The molecule has 0 aliphatic carbocycles. The Morgan fingerprint density at radius 3 is 2.50 bits per heavy atom. The molecule has 1 heterocycles. The fourth-order valence-electron chi connectivity index (χ4n) is 1.59. The third-order valence-corrected chi connectivity index (χ3v) is 2.99. The van der Waals surface area contributed by atoms with Crippen molar-refractivity contribution >= 4 is 39.1 Å². The van der Waals surface area contributed by atoms with Crippen LogP contribution in [-0.2, 0) is 11.3 Å². The van der Waals surface area contributed by atoms with Crippen LogP contribution in [0.3, 0.4) is 0 Å². The fourth-order valence-corrected chi connectivity index (χ4v) is 1.85. The van der Waals surface area contributed by atoms with Crippen molar-refractivity contribution in [1.82, 2.24) is 9.78 Å². The zero-order valence-electron chi connectivity index (χ0n) is 10.3. The molecule has 5 N–H and O–H groups in total. The molecule has 20 heavy (non-hydrogen) atoms. The summed E-state index contributed by atoms with van der Waals surface area (Å²) >= 11 is 3.31. The number of nitrogens with zero attached hydrogens (tertiary/aromatic N) is 2. The van der Waals surface area contributed by atoms with Gasteiger partial charge < -0.3 is 16.8 Å². The Bertz CT molecular complexity index is 650. The molecule has 0 fully saturated rings. The average Bonchev–Trinajstić information content (AvgIpc) is 2.73. The summed E-state index contributed by atoms with van der Waals surface area (Å²) in [7, 11) is 0. The van der Waals surface area contributed by atoms with Crippen molar-refractivity contribution in [3.05, 3.63) is 40.6 Å². The highest BCUT2D eigenvalue weighted by Crippen LogP contribution is 2.14. The Balaban J connectivity index is 2.03. The van der Waals surface area contributed by atoms with Crippen LogP contribution in [0.2, 0.25) is 0 Å². The number of halogens is 1. The molecule has 7 nitrogen and oxygen atoms in total. The van der Waals surface area contributed by atoms with Gasteiger partial charge in [0.2, 0.25) is 5.91 Å². The van der Waals surface area contributed by atoms with Gasteiger partial charge in [-0.05, 0) is 24.3 Å². The number of nitrogens with two attached hydrogens (primary N) is 2. The molecule has 104 valence electrons. The number of rotatable bonds is 4. The first-order chi connectivity index (χ1) is 9.45. The molecule has 2 aromatic rings. The molecular weight excluding hydrogens is 326 g/mol. The molecule has 0 unspecified atom stereocenters. The molecule has 0 aliphatic heterocycles. The molecular formula is C12H12BrN5O2. The lowest BCUT2D eigenvalue weighted by Gasteiger charge is -2.05. The van der Waals surface area contributed by atoms with Crippen LogP contribution in [0.1, 0.15) is 10.5 Å². The van der Waals surface area contributed by atoms with E-state index in [0.29, 0.717) is 5.69 Å². The molecule has 0 saturated heterocycles.